The Morgan fingerprint density at radius 3 is 2.75 bits per heavy atom. The number of rotatable bonds is 4. The summed E-state index contributed by atoms with van der Waals surface area (Å²) in [5.41, 5.74) is 0.697. The maximum absolute atomic E-state index is 13.7. The number of carbonyl (C=O) groups excluding carboxylic acids is 1. The summed E-state index contributed by atoms with van der Waals surface area (Å²) < 4.78 is 24.3. The molecular formula is C17H14FNO5. The molecule has 0 amide bonds. The number of benzene rings is 2. The SMILES string of the molecule is O=C(O)c1cc2c(cc1F)OC(C(=O)OCc1ccccc1)CN2. The maximum Gasteiger partial charge on any atom is 0.349 e. The average Bonchev–Trinajstić information content (AvgIpc) is 2.59. The molecule has 24 heavy (non-hydrogen) atoms. The third-order valence-electron chi connectivity index (χ3n) is 3.53. The fraction of sp³-hybridized carbons (Fsp3) is 0.176. The molecule has 124 valence electrons. The number of hydrogen-bond acceptors (Lipinski definition) is 5. The van der Waals surface area contributed by atoms with Crippen LogP contribution < -0.4 is 10.1 Å². The van der Waals surface area contributed by atoms with Crippen molar-refractivity contribution in [2.24, 2.45) is 0 Å². The summed E-state index contributed by atoms with van der Waals surface area (Å²) in [6.45, 7) is 0.212. The Balaban J connectivity index is 1.67. The standard InChI is InChI=1S/C17H14FNO5/c18-12-7-14-13(6-11(12)16(20)21)19-8-15(24-14)17(22)23-9-10-4-2-1-3-5-10/h1-7,15,19H,8-9H2,(H,20,21). The van der Waals surface area contributed by atoms with Crippen LogP contribution in [0.1, 0.15) is 15.9 Å². The lowest BCUT2D eigenvalue weighted by Gasteiger charge is -2.26. The molecule has 0 spiro atoms. The number of carboxylic acid groups (broad SMARTS) is 1. The van der Waals surface area contributed by atoms with Gasteiger partial charge in [-0.25, -0.2) is 14.0 Å². The van der Waals surface area contributed by atoms with Gasteiger partial charge in [0.2, 0.25) is 6.10 Å². The maximum atomic E-state index is 13.7. The van der Waals surface area contributed by atoms with E-state index in [1.54, 1.807) is 0 Å². The van der Waals surface area contributed by atoms with E-state index in [1.165, 1.54) is 0 Å². The van der Waals surface area contributed by atoms with E-state index in [2.05, 4.69) is 5.32 Å². The topological polar surface area (TPSA) is 84.9 Å². The van der Waals surface area contributed by atoms with Crippen LogP contribution in [0.5, 0.6) is 5.75 Å². The first-order valence-electron chi connectivity index (χ1n) is 7.22. The predicted octanol–water partition coefficient (Wildman–Crippen LogP) is 2.44. The highest BCUT2D eigenvalue weighted by Crippen LogP contribution is 2.32. The van der Waals surface area contributed by atoms with Crippen LogP contribution >= 0.6 is 0 Å². The van der Waals surface area contributed by atoms with Crippen molar-refractivity contribution < 1.29 is 28.6 Å². The molecule has 0 radical (unpaired) electrons. The van der Waals surface area contributed by atoms with Crippen molar-refractivity contribution in [2.75, 3.05) is 11.9 Å². The van der Waals surface area contributed by atoms with Crippen LogP contribution in [-0.4, -0.2) is 29.7 Å². The molecule has 7 heteroatoms. The molecular weight excluding hydrogens is 317 g/mol. The third kappa shape index (κ3) is 3.29. The largest absolute Gasteiger partial charge is 0.478 e. The normalized spacial score (nSPS) is 15.6. The molecule has 0 saturated heterocycles. The Kier molecular flexibility index (Phi) is 4.33. The smallest absolute Gasteiger partial charge is 0.349 e. The van der Waals surface area contributed by atoms with Gasteiger partial charge in [-0.05, 0) is 11.6 Å². The minimum atomic E-state index is -1.37. The summed E-state index contributed by atoms with van der Waals surface area (Å²) in [6, 6.07) is 11.3. The number of halogens is 1. The quantitative estimate of drug-likeness (QED) is 0.837. The number of anilines is 1. The van der Waals surface area contributed by atoms with Crippen molar-refractivity contribution >= 4 is 17.6 Å². The first-order valence-corrected chi connectivity index (χ1v) is 7.22. The van der Waals surface area contributed by atoms with Gasteiger partial charge in [-0.1, -0.05) is 30.3 Å². The van der Waals surface area contributed by atoms with Crippen LogP contribution in [0.25, 0.3) is 0 Å². The van der Waals surface area contributed by atoms with Crippen molar-refractivity contribution in [3.63, 3.8) is 0 Å². The molecule has 6 nitrogen and oxygen atoms in total. The summed E-state index contributed by atoms with van der Waals surface area (Å²) in [6.07, 6.45) is -0.934. The van der Waals surface area contributed by atoms with Crippen LogP contribution in [0.15, 0.2) is 42.5 Å². The molecule has 0 aliphatic carbocycles. The second-order valence-electron chi connectivity index (χ2n) is 5.21. The number of carbonyl (C=O) groups is 2. The Bertz CT molecular complexity index is 778. The highest BCUT2D eigenvalue weighted by Gasteiger charge is 2.29. The second kappa shape index (κ2) is 6.57. The van der Waals surface area contributed by atoms with Crippen LogP contribution in [0.3, 0.4) is 0 Å². The number of aromatic carboxylic acids is 1. The highest BCUT2D eigenvalue weighted by atomic mass is 19.1. The molecule has 2 aromatic rings. The van der Waals surface area contributed by atoms with Crippen molar-refractivity contribution in [1.29, 1.82) is 0 Å². The monoisotopic (exact) mass is 331 g/mol. The van der Waals surface area contributed by atoms with Gasteiger partial charge in [0, 0.05) is 6.07 Å². The molecule has 1 aliphatic rings. The Labute approximate surface area is 136 Å². The molecule has 1 aliphatic heterocycles. The summed E-state index contributed by atoms with van der Waals surface area (Å²) in [5.74, 6) is -2.81. The third-order valence-corrected chi connectivity index (χ3v) is 3.53. The molecule has 1 heterocycles. The molecule has 0 aromatic heterocycles. The van der Waals surface area contributed by atoms with Crippen molar-refractivity contribution in [3.8, 4) is 5.75 Å². The first kappa shape index (κ1) is 15.8. The van der Waals surface area contributed by atoms with E-state index in [0.29, 0.717) is 5.69 Å². The van der Waals surface area contributed by atoms with E-state index in [0.717, 1.165) is 17.7 Å². The van der Waals surface area contributed by atoms with Gasteiger partial charge >= 0.3 is 11.9 Å². The van der Waals surface area contributed by atoms with Crippen LogP contribution in [0.2, 0.25) is 0 Å². The van der Waals surface area contributed by atoms with Gasteiger partial charge in [-0.3, -0.25) is 0 Å². The fourth-order valence-corrected chi connectivity index (χ4v) is 2.31. The van der Waals surface area contributed by atoms with E-state index in [1.807, 2.05) is 30.3 Å². The van der Waals surface area contributed by atoms with Crippen LogP contribution in [0, 0.1) is 5.82 Å². The fourth-order valence-electron chi connectivity index (χ4n) is 2.31. The molecule has 2 aromatic carbocycles. The number of esters is 1. The van der Waals surface area contributed by atoms with Gasteiger partial charge in [-0.2, -0.15) is 0 Å². The van der Waals surface area contributed by atoms with Crippen LogP contribution in [0.4, 0.5) is 10.1 Å². The Hall–Kier alpha value is -3.09. The summed E-state index contributed by atoms with van der Waals surface area (Å²) in [7, 11) is 0. The average molecular weight is 331 g/mol. The first-order chi connectivity index (χ1) is 11.5. The summed E-state index contributed by atoms with van der Waals surface area (Å²) >= 11 is 0. The predicted molar refractivity (Wildman–Crippen MR) is 82.5 cm³/mol. The minimum absolute atomic E-state index is 0.0745. The summed E-state index contributed by atoms with van der Waals surface area (Å²) in [4.78, 5) is 23.0. The van der Waals surface area contributed by atoms with Crippen molar-refractivity contribution in [2.45, 2.75) is 12.7 Å². The van der Waals surface area contributed by atoms with Gasteiger partial charge in [0.15, 0.2) is 0 Å². The molecule has 0 saturated carbocycles. The number of carboxylic acids is 1. The Morgan fingerprint density at radius 2 is 2.04 bits per heavy atom. The van der Waals surface area contributed by atoms with Gasteiger partial charge in [0.25, 0.3) is 0 Å². The van der Waals surface area contributed by atoms with E-state index in [9.17, 15) is 14.0 Å². The molecule has 1 unspecified atom stereocenters. The molecule has 2 N–H and O–H groups in total. The van der Waals surface area contributed by atoms with Gasteiger partial charge < -0.3 is 19.9 Å². The lowest BCUT2D eigenvalue weighted by atomic mass is 10.1. The van der Waals surface area contributed by atoms with Gasteiger partial charge in [-0.15, -0.1) is 0 Å². The van der Waals surface area contributed by atoms with Gasteiger partial charge in [0.05, 0.1) is 17.8 Å². The zero-order valence-electron chi connectivity index (χ0n) is 12.5. The van der Waals surface area contributed by atoms with E-state index in [4.69, 9.17) is 14.6 Å². The van der Waals surface area contributed by atoms with Gasteiger partial charge in [0.1, 0.15) is 18.2 Å². The highest BCUT2D eigenvalue weighted by molar-refractivity contribution is 5.90. The van der Waals surface area contributed by atoms with Crippen molar-refractivity contribution in [3.05, 3.63) is 59.4 Å². The number of hydrogen-bond donors (Lipinski definition) is 2. The zero-order chi connectivity index (χ0) is 17.1. The summed E-state index contributed by atoms with van der Waals surface area (Å²) in [5, 5.41) is 11.8. The van der Waals surface area contributed by atoms with E-state index in [-0.39, 0.29) is 18.9 Å². The Morgan fingerprint density at radius 1 is 1.29 bits per heavy atom. The van der Waals surface area contributed by atoms with E-state index >= 15 is 0 Å². The van der Waals surface area contributed by atoms with E-state index < -0.39 is 29.4 Å². The van der Waals surface area contributed by atoms with Crippen LogP contribution in [-0.2, 0) is 16.1 Å². The molecule has 3 rings (SSSR count). The minimum Gasteiger partial charge on any atom is -0.478 e. The van der Waals surface area contributed by atoms with Crippen molar-refractivity contribution in [1.82, 2.24) is 0 Å². The number of ether oxygens (including phenoxy) is 2. The zero-order valence-corrected chi connectivity index (χ0v) is 12.5. The number of nitrogens with one attached hydrogen (secondary N) is 1. The molecule has 0 fully saturated rings. The lowest BCUT2D eigenvalue weighted by Crippen LogP contribution is -2.39. The second-order valence-corrected chi connectivity index (χ2v) is 5.21. The number of fused-ring (bicyclic) bond motifs is 1. The molecule has 1 atom stereocenters. The lowest BCUT2D eigenvalue weighted by molar-refractivity contribution is -0.152. The molecule has 0 bridgehead atoms.